The molecule has 1 unspecified atom stereocenters. The first-order chi connectivity index (χ1) is 9.77. The van der Waals surface area contributed by atoms with Crippen molar-refractivity contribution < 1.29 is 19.4 Å². The van der Waals surface area contributed by atoms with E-state index in [1.54, 1.807) is 17.0 Å². The van der Waals surface area contributed by atoms with E-state index in [-0.39, 0.29) is 17.7 Å². The van der Waals surface area contributed by atoms with Crippen LogP contribution in [-0.4, -0.2) is 46.8 Å². The van der Waals surface area contributed by atoms with Crippen molar-refractivity contribution in [3.05, 3.63) is 29.8 Å². The molecule has 6 nitrogen and oxygen atoms in total. The summed E-state index contributed by atoms with van der Waals surface area (Å²) in [6.07, 6.45) is -0.0372. The molecule has 0 spiro atoms. The molecule has 0 aliphatic carbocycles. The van der Waals surface area contributed by atoms with Gasteiger partial charge in [-0.1, -0.05) is 6.07 Å². The average Bonchev–Trinajstić information content (AvgIpc) is 2.36. The van der Waals surface area contributed by atoms with Crippen molar-refractivity contribution >= 4 is 17.7 Å². The molecule has 1 atom stereocenters. The number of amides is 2. The number of benzene rings is 1. The first-order valence-corrected chi connectivity index (χ1v) is 6.84. The molecular formula is C15H20N2O4. The predicted molar refractivity (Wildman–Crippen MR) is 78.6 cm³/mol. The maximum atomic E-state index is 12.3. The highest BCUT2D eigenvalue weighted by molar-refractivity contribution is 5.93. The number of ether oxygens (including phenoxy) is 1. The maximum Gasteiger partial charge on any atom is 0.335 e. The molecule has 0 bridgehead atoms. The van der Waals surface area contributed by atoms with E-state index in [1.807, 2.05) is 20.8 Å². The number of hydrogen-bond donors (Lipinski definition) is 2. The Labute approximate surface area is 123 Å². The van der Waals surface area contributed by atoms with E-state index in [9.17, 15) is 9.59 Å². The Hall–Kier alpha value is -2.08. The van der Waals surface area contributed by atoms with Gasteiger partial charge in [-0.05, 0) is 39.0 Å². The Morgan fingerprint density at radius 2 is 2.14 bits per heavy atom. The van der Waals surface area contributed by atoms with Gasteiger partial charge in [0.2, 0.25) is 0 Å². The van der Waals surface area contributed by atoms with Gasteiger partial charge in [-0.25, -0.2) is 9.59 Å². The molecule has 1 aliphatic heterocycles. The van der Waals surface area contributed by atoms with Crippen molar-refractivity contribution in [1.82, 2.24) is 4.90 Å². The number of rotatable bonds is 2. The van der Waals surface area contributed by atoms with Crippen LogP contribution in [0.2, 0.25) is 0 Å². The first-order valence-electron chi connectivity index (χ1n) is 6.84. The zero-order valence-corrected chi connectivity index (χ0v) is 12.4. The molecule has 0 radical (unpaired) electrons. The van der Waals surface area contributed by atoms with E-state index in [0.717, 1.165) is 0 Å². The molecule has 1 aliphatic rings. The number of anilines is 1. The van der Waals surface area contributed by atoms with Crippen molar-refractivity contribution in [2.75, 3.05) is 18.4 Å². The number of aromatic carboxylic acids is 1. The minimum Gasteiger partial charge on any atom is -0.478 e. The van der Waals surface area contributed by atoms with Gasteiger partial charge in [0.15, 0.2) is 0 Å². The summed E-state index contributed by atoms with van der Waals surface area (Å²) in [4.78, 5) is 24.9. The molecule has 0 aromatic heterocycles. The van der Waals surface area contributed by atoms with Crippen LogP contribution in [0.25, 0.3) is 0 Å². The number of carboxylic acid groups (broad SMARTS) is 1. The number of nitrogens with zero attached hydrogens (tertiary/aromatic N) is 1. The molecule has 1 aromatic rings. The molecule has 114 valence electrons. The fraction of sp³-hybridized carbons (Fsp3) is 0.467. The fourth-order valence-electron chi connectivity index (χ4n) is 2.54. The summed E-state index contributed by atoms with van der Waals surface area (Å²) < 4.78 is 5.76. The average molecular weight is 292 g/mol. The van der Waals surface area contributed by atoms with E-state index >= 15 is 0 Å². The van der Waals surface area contributed by atoms with Crippen LogP contribution >= 0.6 is 0 Å². The third-order valence-corrected chi connectivity index (χ3v) is 3.22. The van der Waals surface area contributed by atoms with Gasteiger partial charge in [0.25, 0.3) is 0 Å². The van der Waals surface area contributed by atoms with Gasteiger partial charge in [0, 0.05) is 12.2 Å². The van der Waals surface area contributed by atoms with E-state index in [2.05, 4.69) is 5.32 Å². The lowest BCUT2D eigenvalue weighted by Gasteiger charge is -2.41. The second kappa shape index (κ2) is 5.73. The number of carboxylic acids is 1. The molecule has 1 saturated heterocycles. The van der Waals surface area contributed by atoms with Gasteiger partial charge in [-0.15, -0.1) is 0 Å². The Bertz CT molecular complexity index is 556. The van der Waals surface area contributed by atoms with Gasteiger partial charge in [0.1, 0.15) is 0 Å². The van der Waals surface area contributed by atoms with E-state index in [0.29, 0.717) is 18.8 Å². The lowest BCUT2D eigenvalue weighted by molar-refractivity contribution is -0.116. The number of carbonyl (C=O) groups is 2. The molecule has 21 heavy (non-hydrogen) atoms. The Morgan fingerprint density at radius 1 is 1.43 bits per heavy atom. The monoisotopic (exact) mass is 292 g/mol. The Kier molecular flexibility index (Phi) is 4.18. The van der Waals surface area contributed by atoms with E-state index < -0.39 is 11.6 Å². The van der Waals surface area contributed by atoms with Crippen molar-refractivity contribution in [2.45, 2.75) is 32.5 Å². The second-order valence-corrected chi connectivity index (χ2v) is 5.88. The van der Waals surface area contributed by atoms with Gasteiger partial charge in [0.05, 0.1) is 23.8 Å². The van der Waals surface area contributed by atoms with Crippen LogP contribution in [0.4, 0.5) is 10.5 Å². The van der Waals surface area contributed by atoms with Crippen LogP contribution in [0.1, 0.15) is 31.1 Å². The third-order valence-electron chi connectivity index (χ3n) is 3.22. The molecule has 0 saturated carbocycles. The van der Waals surface area contributed by atoms with Gasteiger partial charge < -0.3 is 20.1 Å². The number of hydrogen-bond acceptors (Lipinski definition) is 3. The van der Waals surface area contributed by atoms with Crippen molar-refractivity contribution in [2.24, 2.45) is 0 Å². The van der Waals surface area contributed by atoms with Crippen LogP contribution in [0.3, 0.4) is 0 Å². The zero-order valence-electron chi connectivity index (χ0n) is 12.4. The quantitative estimate of drug-likeness (QED) is 0.877. The fourth-order valence-corrected chi connectivity index (χ4v) is 2.54. The summed E-state index contributed by atoms with van der Waals surface area (Å²) in [6.45, 7) is 6.80. The number of carbonyl (C=O) groups excluding carboxylic acids is 1. The lowest BCUT2D eigenvalue weighted by Crippen LogP contribution is -2.54. The largest absolute Gasteiger partial charge is 0.478 e. The highest BCUT2D eigenvalue weighted by atomic mass is 16.5. The van der Waals surface area contributed by atoms with Gasteiger partial charge in [-0.2, -0.15) is 0 Å². The van der Waals surface area contributed by atoms with Crippen molar-refractivity contribution in [3.8, 4) is 0 Å². The predicted octanol–water partition coefficient (Wildman–Crippen LogP) is 2.42. The van der Waals surface area contributed by atoms with E-state index in [4.69, 9.17) is 9.84 Å². The first kappa shape index (κ1) is 15.3. The van der Waals surface area contributed by atoms with Crippen LogP contribution in [-0.2, 0) is 4.74 Å². The summed E-state index contributed by atoms with van der Waals surface area (Å²) in [5.74, 6) is -1.02. The van der Waals surface area contributed by atoms with Crippen molar-refractivity contribution in [3.63, 3.8) is 0 Å². The molecule has 6 heteroatoms. The molecule has 2 amide bonds. The maximum absolute atomic E-state index is 12.3. The Morgan fingerprint density at radius 3 is 2.76 bits per heavy atom. The SMILES string of the molecule is CC1CN(C(=O)Nc2cccc(C(=O)O)c2)CC(C)(C)O1. The Balaban J connectivity index is 2.07. The number of urea groups is 1. The third kappa shape index (κ3) is 3.95. The van der Waals surface area contributed by atoms with Crippen LogP contribution in [0, 0.1) is 0 Å². The zero-order chi connectivity index (χ0) is 15.6. The minimum atomic E-state index is -1.02. The number of nitrogens with one attached hydrogen (secondary N) is 1. The molecule has 1 aromatic carbocycles. The van der Waals surface area contributed by atoms with Crippen LogP contribution < -0.4 is 5.32 Å². The topological polar surface area (TPSA) is 78.9 Å². The molecular weight excluding hydrogens is 272 g/mol. The summed E-state index contributed by atoms with van der Waals surface area (Å²) in [5, 5.41) is 11.7. The van der Waals surface area contributed by atoms with Gasteiger partial charge >= 0.3 is 12.0 Å². The highest BCUT2D eigenvalue weighted by Crippen LogP contribution is 2.21. The van der Waals surface area contributed by atoms with E-state index in [1.165, 1.54) is 12.1 Å². The summed E-state index contributed by atoms with van der Waals surface area (Å²) in [6, 6.07) is 5.94. The van der Waals surface area contributed by atoms with Crippen LogP contribution in [0.5, 0.6) is 0 Å². The second-order valence-electron chi connectivity index (χ2n) is 5.88. The standard InChI is InChI=1S/C15H20N2O4/c1-10-8-17(9-15(2,3)21-10)14(20)16-12-6-4-5-11(7-12)13(18)19/h4-7,10H,8-9H2,1-3H3,(H,16,20)(H,18,19). The summed E-state index contributed by atoms with van der Waals surface area (Å²) in [5.41, 5.74) is 0.220. The smallest absolute Gasteiger partial charge is 0.335 e. The molecule has 1 fully saturated rings. The number of morpholine rings is 1. The summed E-state index contributed by atoms with van der Waals surface area (Å²) >= 11 is 0. The van der Waals surface area contributed by atoms with Crippen LogP contribution in [0.15, 0.2) is 24.3 Å². The van der Waals surface area contributed by atoms with Gasteiger partial charge in [-0.3, -0.25) is 0 Å². The normalized spacial score (nSPS) is 20.9. The summed E-state index contributed by atoms with van der Waals surface area (Å²) in [7, 11) is 0. The molecule has 2 N–H and O–H groups in total. The lowest BCUT2D eigenvalue weighted by atomic mass is 10.1. The van der Waals surface area contributed by atoms with Crippen molar-refractivity contribution in [1.29, 1.82) is 0 Å². The molecule has 2 rings (SSSR count). The highest BCUT2D eigenvalue weighted by Gasteiger charge is 2.33. The minimum absolute atomic E-state index is 0.0372. The molecule has 1 heterocycles.